The molecule has 24 heavy (non-hydrogen) atoms. The van der Waals surface area contributed by atoms with Gasteiger partial charge in [-0.05, 0) is 82.0 Å². The number of amides is 1. The zero-order valence-electron chi connectivity index (χ0n) is 14.0. The molecule has 2 aliphatic heterocycles. The molecule has 2 fully saturated rings. The number of hydrogen-bond acceptors (Lipinski definition) is 3. The van der Waals surface area contributed by atoms with Gasteiger partial charge >= 0.3 is 0 Å². The minimum atomic E-state index is -0.283. The van der Waals surface area contributed by atoms with Crippen LogP contribution in [-0.4, -0.2) is 43.5 Å². The first-order valence-electron chi connectivity index (χ1n) is 8.70. The predicted octanol–water partition coefficient (Wildman–Crippen LogP) is 2.90. The SMILES string of the molecule is Cl.O=C(Nc1ccc(F)cc1)C1CCN(CC2CCNCC2)CC1. The molecule has 0 unspecified atom stereocenters. The Morgan fingerprint density at radius 3 is 2.38 bits per heavy atom. The Morgan fingerprint density at radius 2 is 1.75 bits per heavy atom. The molecule has 134 valence electrons. The maximum absolute atomic E-state index is 12.9. The lowest BCUT2D eigenvalue weighted by Gasteiger charge is -2.35. The Balaban J connectivity index is 0.00000208. The van der Waals surface area contributed by atoms with Gasteiger partial charge in [0.1, 0.15) is 5.82 Å². The van der Waals surface area contributed by atoms with Crippen LogP contribution in [0, 0.1) is 17.7 Å². The van der Waals surface area contributed by atoms with Crippen LogP contribution >= 0.6 is 12.4 Å². The highest BCUT2D eigenvalue weighted by Crippen LogP contribution is 2.22. The largest absolute Gasteiger partial charge is 0.326 e. The van der Waals surface area contributed by atoms with Crippen LogP contribution in [0.5, 0.6) is 0 Å². The molecule has 0 radical (unpaired) electrons. The van der Waals surface area contributed by atoms with Crippen LogP contribution in [0.4, 0.5) is 10.1 Å². The number of nitrogens with zero attached hydrogens (tertiary/aromatic N) is 1. The third-order valence-electron chi connectivity index (χ3n) is 5.05. The van der Waals surface area contributed by atoms with Crippen LogP contribution in [0.2, 0.25) is 0 Å². The zero-order valence-corrected chi connectivity index (χ0v) is 14.8. The summed E-state index contributed by atoms with van der Waals surface area (Å²) in [6, 6.07) is 5.97. The second-order valence-corrected chi connectivity index (χ2v) is 6.76. The number of piperidine rings is 2. The number of halogens is 2. The standard InChI is InChI=1S/C18H26FN3O.ClH/c19-16-1-3-17(4-2-16)21-18(23)15-7-11-22(12-8-15)13-14-5-9-20-10-6-14;/h1-4,14-15,20H,5-13H2,(H,21,23);1H. The first-order chi connectivity index (χ1) is 11.2. The van der Waals surface area contributed by atoms with Gasteiger partial charge in [-0.3, -0.25) is 4.79 Å². The molecule has 2 heterocycles. The number of carbonyl (C=O) groups excluding carboxylic acids is 1. The number of anilines is 1. The summed E-state index contributed by atoms with van der Waals surface area (Å²) in [7, 11) is 0. The topological polar surface area (TPSA) is 44.4 Å². The molecule has 2 N–H and O–H groups in total. The van der Waals surface area contributed by atoms with E-state index in [-0.39, 0.29) is 30.0 Å². The van der Waals surface area contributed by atoms with Crippen molar-refractivity contribution in [3.63, 3.8) is 0 Å². The summed E-state index contributed by atoms with van der Waals surface area (Å²) in [4.78, 5) is 14.8. The molecule has 6 heteroatoms. The van der Waals surface area contributed by atoms with E-state index in [4.69, 9.17) is 0 Å². The molecule has 1 aromatic rings. The number of nitrogens with one attached hydrogen (secondary N) is 2. The van der Waals surface area contributed by atoms with Crippen LogP contribution in [0.3, 0.4) is 0 Å². The van der Waals surface area contributed by atoms with Crippen molar-refractivity contribution in [2.45, 2.75) is 25.7 Å². The van der Waals surface area contributed by atoms with E-state index in [0.717, 1.165) is 44.9 Å². The second kappa shape index (κ2) is 9.35. The number of rotatable bonds is 4. The Morgan fingerprint density at radius 1 is 1.12 bits per heavy atom. The third-order valence-corrected chi connectivity index (χ3v) is 5.05. The number of hydrogen-bond donors (Lipinski definition) is 2. The summed E-state index contributed by atoms with van der Waals surface area (Å²) in [5.74, 6) is 0.664. The van der Waals surface area contributed by atoms with Crippen LogP contribution in [0.15, 0.2) is 24.3 Å². The predicted molar refractivity (Wildman–Crippen MR) is 97.0 cm³/mol. The van der Waals surface area contributed by atoms with Gasteiger partial charge in [-0.2, -0.15) is 0 Å². The van der Waals surface area contributed by atoms with E-state index in [2.05, 4.69) is 15.5 Å². The van der Waals surface area contributed by atoms with E-state index < -0.39 is 0 Å². The first-order valence-corrected chi connectivity index (χ1v) is 8.70. The molecule has 2 saturated heterocycles. The molecule has 4 nitrogen and oxygen atoms in total. The van der Waals surface area contributed by atoms with Gasteiger partial charge < -0.3 is 15.5 Å². The fraction of sp³-hybridized carbons (Fsp3) is 0.611. The molecular formula is C18H27ClFN3O. The van der Waals surface area contributed by atoms with Crippen molar-refractivity contribution in [2.24, 2.45) is 11.8 Å². The van der Waals surface area contributed by atoms with Crippen molar-refractivity contribution in [1.82, 2.24) is 10.2 Å². The maximum atomic E-state index is 12.9. The van der Waals surface area contributed by atoms with E-state index >= 15 is 0 Å². The average Bonchev–Trinajstić information content (AvgIpc) is 2.58. The molecule has 0 saturated carbocycles. The first kappa shape index (κ1) is 19.2. The molecule has 0 spiro atoms. The van der Waals surface area contributed by atoms with Gasteiger partial charge in [-0.25, -0.2) is 4.39 Å². The number of benzene rings is 1. The van der Waals surface area contributed by atoms with Crippen LogP contribution in [0.1, 0.15) is 25.7 Å². The molecular weight excluding hydrogens is 329 g/mol. The van der Waals surface area contributed by atoms with Gasteiger partial charge in [-0.15, -0.1) is 12.4 Å². The van der Waals surface area contributed by atoms with Crippen LogP contribution < -0.4 is 10.6 Å². The fourth-order valence-electron chi connectivity index (χ4n) is 3.58. The van der Waals surface area contributed by atoms with E-state index in [1.54, 1.807) is 12.1 Å². The molecule has 2 aliphatic rings. The lowest BCUT2D eigenvalue weighted by Crippen LogP contribution is -2.42. The highest BCUT2D eigenvalue weighted by Gasteiger charge is 2.26. The summed E-state index contributed by atoms with van der Waals surface area (Å²) in [6.45, 7) is 5.47. The summed E-state index contributed by atoms with van der Waals surface area (Å²) in [5, 5.41) is 6.31. The van der Waals surface area contributed by atoms with Gasteiger partial charge in [0, 0.05) is 18.2 Å². The van der Waals surface area contributed by atoms with Gasteiger partial charge in [0.15, 0.2) is 0 Å². The highest BCUT2D eigenvalue weighted by molar-refractivity contribution is 5.92. The zero-order chi connectivity index (χ0) is 16.1. The minimum absolute atomic E-state index is 0. The summed E-state index contributed by atoms with van der Waals surface area (Å²) >= 11 is 0. The van der Waals surface area contributed by atoms with Gasteiger partial charge in [0.25, 0.3) is 0 Å². The molecule has 0 bridgehead atoms. The second-order valence-electron chi connectivity index (χ2n) is 6.76. The van der Waals surface area contributed by atoms with E-state index in [1.807, 2.05) is 0 Å². The molecule has 1 amide bonds. The highest BCUT2D eigenvalue weighted by atomic mass is 35.5. The Bertz CT molecular complexity index is 512. The third kappa shape index (κ3) is 5.43. The van der Waals surface area contributed by atoms with Crippen molar-refractivity contribution in [2.75, 3.05) is 38.0 Å². The molecule has 0 atom stereocenters. The van der Waals surface area contributed by atoms with Crippen LogP contribution in [-0.2, 0) is 4.79 Å². The Hall–Kier alpha value is -1.17. The van der Waals surface area contributed by atoms with Crippen molar-refractivity contribution in [1.29, 1.82) is 0 Å². The van der Waals surface area contributed by atoms with Gasteiger partial charge in [0.2, 0.25) is 5.91 Å². The van der Waals surface area contributed by atoms with Crippen molar-refractivity contribution in [3.05, 3.63) is 30.1 Å². The maximum Gasteiger partial charge on any atom is 0.227 e. The van der Waals surface area contributed by atoms with Gasteiger partial charge in [0.05, 0.1) is 0 Å². The molecule has 0 aromatic heterocycles. The van der Waals surface area contributed by atoms with Crippen molar-refractivity contribution in [3.8, 4) is 0 Å². The summed E-state index contributed by atoms with van der Waals surface area (Å²) in [5.41, 5.74) is 0.675. The number of likely N-dealkylation sites (tertiary alicyclic amines) is 1. The van der Waals surface area contributed by atoms with E-state index in [9.17, 15) is 9.18 Å². The monoisotopic (exact) mass is 355 g/mol. The number of carbonyl (C=O) groups is 1. The average molecular weight is 356 g/mol. The van der Waals surface area contributed by atoms with Gasteiger partial charge in [-0.1, -0.05) is 0 Å². The lowest BCUT2D eigenvalue weighted by atomic mass is 9.93. The lowest BCUT2D eigenvalue weighted by molar-refractivity contribution is -0.121. The van der Waals surface area contributed by atoms with Crippen molar-refractivity contribution >= 4 is 24.0 Å². The summed E-state index contributed by atoms with van der Waals surface area (Å²) < 4.78 is 12.9. The molecule has 1 aromatic carbocycles. The Kier molecular flexibility index (Phi) is 7.46. The Labute approximate surface area is 149 Å². The molecule has 0 aliphatic carbocycles. The fourth-order valence-corrected chi connectivity index (χ4v) is 3.58. The van der Waals surface area contributed by atoms with E-state index in [0.29, 0.717) is 5.69 Å². The summed E-state index contributed by atoms with van der Waals surface area (Å²) in [6.07, 6.45) is 4.37. The van der Waals surface area contributed by atoms with Crippen molar-refractivity contribution < 1.29 is 9.18 Å². The normalized spacial score (nSPS) is 20.4. The quantitative estimate of drug-likeness (QED) is 0.872. The minimum Gasteiger partial charge on any atom is -0.326 e. The molecule has 3 rings (SSSR count). The van der Waals surface area contributed by atoms with Crippen LogP contribution in [0.25, 0.3) is 0 Å². The van der Waals surface area contributed by atoms with E-state index in [1.165, 1.54) is 31.5 Å². The smallest absolute Gasteiger partial charge is 0.227 e.